The normalized spacial score (nSPS) is 18.9. The zero-order chi connectivity index (χ0) is 27.7. The SMILES string of the molecule is C=CC(=O)N1CC(Nc2ncc3cc(-c4c(C)c(OC)cc(OC)c4Cl)ccc3n2)CC1C(=O)N1CCCC1. The molecule has 2 aromatic carbocycles. The molecule has 5 rings (SSSR count). The van der Waals surface area contributed by atoms with Crippen LogP contribution in [-0.4, -0.2) is 77.5 Å². The van der Waals surface area contributed by atoms with Gasteiger partial charge in [0.2, 0.25) is 17.8 Å². The van der Waals surface area contributed by atoms with Crippen LogP contribution in [0.5, 0.6) is 11.5 Å². The Hall–Kier alpha value is -3.85. The zero-order valence-corrected chi connectivity index (χ0v) is 23.1. The molecule has 204 valence electrons. The molecule has 39 heavy (non-hydrogen) atoms. The van der Waals surface area contributed by atoms with E-state index in [2.05, 4.69) is 16.9 Å². The molecule has 0 radical (unpaired) electrons. The lowest BCUT2D eigenvalue weighted by molar-refractivity contribution is -0.140. The standard InChI is InChI=1S/C29H32ClN5O4/c1-5-25(36)35-16-20(13-22(35)28(37)34-10-6-7-11-34)32-29-31-15-19-12-18(8-9-21(19)33-29)26-17(2)23(38-3)14-24(39-4)27(26)30/h5,8-9,12,14-15,20,22H,1,6-7,10-11,13,16H2,2-4H3,(H,31,32,33). The van der Waals surface area contributed by atoms with E-state index in [9.17, 15) is 9.59 Å². The number of halogens is 1. The number of amides is 2. The Kier molecular flexibility index (Phi) is 7.61. The largest absolute Gasteiger partial charge is 0.496 e. The highest BCUT2D eigenvalue weighted by molar-refractivity contribution is 6.35. The van der Waals surface area contributed by atoms with Gasteiger partial charge in [-0.05, 0) is 50.0 Å². The molecule has 2 unspecified atom stereocenters. The second kappa shape index (κ2) is 11.1. The Morgan fingerprint density at radius 1 is 1.15 bits per heavy atom. The Bertz CT molecular complexity index is 1410. The first-order valence-corrected chi connectivity index (χ1v) is 13.4. The summed E-state index contributed by atoms with van der Waals surface area (Å²) >= 11 is 6.69. The van der Waals surface area contributed by atoms with E-state index in [0.717, 1.165) is 53.5 Å². The van der Waals surface area contributed by atoms with Crippen molar-refractivity contribution in [1.29, 1.82) is 0 Å². The number of nitrogens with zero attached hydrogens (tertiary/aromatic N) is 4. The first kappa shape index (κ1) is 26.7. The van der Waals surface area contributed by atoms with Crippen molar-refractivity contribution in [2.75, 3.05) is 39.2 Å². The number of carbonyl (C=O) groups excluding carboxylic acids is 2. The third-order valence-electron chi connectivity index (χ3n) is 7.55. The number of methoxy groups -OCH3 is 2. The van der Waals surface area contributed by atoms with Gasteiger partial charge in [-0.25, -0.2) is 9.97 Å². The van der Waals surface area contributed by atoms with Crippen molar-refractivity contribution < 1.29 is 19.1 Å². The van der Waals surface area contributed by atoms with E-state index in [1.807, 2.05) is 30.0 Å². The monoisotopic (exact) mass is 549 g/mol. The van der Waals surface area contributed by atoms with Crippen molar-refractivity contribution in [3.8, 4) is 22.6 Å². The molecule has 0 aliphatic carbocycles. The summed E-state index contributed by atoms with van der Waals surface area (Å²) in [5.41, 5.74) is 3.37. The highest BCUT2D eigenvalue weighted by Crippen LogP contribution is 2.43. The average Bonchev–Trinajstić information content (AvgIpc) is 3.63. The quantitative estimate of drug-likeness (QED) is 0.434. The third-order valence-corrected chi connectivity index (χ3v) is 7.92. The van der Waals surface area contributed by atoms with Gasteiger partial charge in [0, 0.05) is 54.5 Å². The summed E-state index contributed by atoms with van der Waals surface area (Å²) in [6.45, 7) is 7.44. The number of rotatable bonds is 7. The molecule has 0 saturated carbocycles. The molecule has 2 fully saturated rings. The Morgan fingerprint density at radius 2 is 1.90 bits per heavy atom. The lowest BCUT2D eigenvalue weighted by Crippen LogP contribution is -2.46. The van der Waals surface area contributed by atoms with E-state index in [0.29, 0.717) is 35.4 Å². The number of ether oxygens (including phenoxy) is 2. The van der Waals surface area contributed by atoms with E-state index >= 15 is 0 Å². The van der Waals surface area contributed by atoms with Crippen LogP contribution in [0.1, 0.15) is 24.8 Å². The Labute approximate surface area is 232 Å². The van der Waals surface area contributed by atoms with Crippen LogP contribution in [0.25, 0.3) is 22.0 Å². The Morgan fingerprint density at radius 3 is 2.59 bits per heavy atom. The summed E-state index contributed by atoms with van der Waals surface area (Å²) in [6.07, 6.45) is 5.51. The summed E-state index contributed by atoms with van der Waals surface area (Å²) in [6, 6.07) is 6.96. The highest BCUT2D eigenvalue weighted by Gasteiger charge is 2.41. The van der Waals surface area contributed by atoms with Crippen LogP contribution >= 0.6 is 11.6 Å². The molecule has 2 aliphatic heterocycles. The van der Waals surface area contributed by atoms with Gasteiger partial charge < -0.3 is 24.6 Å². The number of fused-ring (bicyclic) bond motifs is 1. The van der Waals surface area contributed by atoms with E-state index in [4.69, 9.17) is 26.1 Å². The molecule has 3 aromatic rings. The zero-order valence-electron chi connectivity index (χ0n) is 22.4. The molecule has 0 bridgehead atoms. The van der Waals surface area contributed by atoms with Gasteiger partial charge in [0.15, 0.2) is 0 Å². The van der Waals surface area contributed by atoms with E-state index in [1.54, 1.807) is 31.4 Å². The number of aromatic nitrogens is 2. The van der Waals surface area contributed by atoms with Crippen molar-refractivity contribution >= 4 is 40.3 Å². The maximum Gasteiger partial charge on any atom is 0.246 e. The minimum absolute atomic E-state index is 0.00193. The summed E-state index contributed by atoms with van der Waals surface area (Å²) in [7, 11) is 3.19. The number of anilines is 1. The van der Waals surface area contributed by atoms with Crippen molar-refractivity contribution in [3.63, 3.8) is 0 Å². The topological polar surface area (TPSA) is 96.9 Å². The van der Waals surface area contributed by atoms with Crippen LogP contribution in [-0.2, 0) is 9.59 Å². The molecule has 0 spiro atoms. The third kappa shape index (κ3) is 5.11. The molecule has 3 heterocycles. The molecule has 2 saturated heterocycles. The predicted molar refractivity (Wildman–Crippen MR) is 151 cm³/mol. The van der Waals surface area contributed by atoms with Gasteiger partial charge in [0.1, 0.15) is 17.5 Å². The molecule has 2 atom stereocenters. The van der Waals surface area contributed by atoms with Gasteiger partial charge in [-0.2, -0.15) is 0 Å². The van der Waals surface area contributed by atoms with Crippen molar-refractivity contribution in [1.82, 2.24) is 19.8 Å². The predicted octanol–water partition coefficient (Wildman–Crippen LogP) is 4.47. The lowest BCUT2D eigenvalue weighted by Gasteiger charge is -2.26. The second-order valence-electron chi connectivity index (χ2n) is 9.88. The first-order valence-electron chi connectivity index (χ1n) is 13.0. The van der Waals surface area contributed by atoms with Crippen LogP contribution in [0.4, 0.5) is 5.95 Å². The fourth-order valence-corrected chi connectivity index (χ4v) is 5.91. The fourth-order valence-electron chi connectivity index (χ4n) is 5.53. The van der Waals surface area contributed by atoms with E-state index < -0.39 is 6.04 Å². The Balaban J connectivity index is 1.38. The van der Waals surface area contributed by atoms with Crippen molar-refractivity contribution in [2.45, 2.75) is 38.3 Å². The molecule has 2 amide bonds. The van der Waals surface area contributed by atoms with Gasteiger partial charge in [0.25, 0.3) is 0 Å². The number of carbonyl (C=O) groups is 2. The van der Waals surface area contributed by atoms with Gasteiger partial charge in [-0.15, -0.1) is 0 Å². The molecular weight excluding hydrogens is 518 g/mol. The maximum absolute atomic E-state index is 13.1. The van der Waals surface area contributed by atoms with Gasteiger partial charge in [-0.1, -0.05) is 24.2 Å². The number of nitrogens with one attached hydrogen (secondary N) is 1. The van der Waals surface area contributed by atoms with Gasteiger partial charge >= 0.3 is 0 Å². The maximum atomic E-state index is 13.1. The number of hydrogen-bond acceptors (Lipinski definition) is 7. The lowest BCUT2D eigenvalue weighted by atomic mass is 9.98. The fraction of sp³-hybridized carbons (Fsp3) is 0.379. The van der Waals surface area contributed by atoms with Gasteiger partial charge in [0.05, 0.1) is 24.8 Å². The van der Waals surface area contributed by atoms with Crippen molar-refractivity contribution in [3.05, 3.63) is 53.7 Å². The van der Waals surface area contributed by atoms with Crippen LogP contribution < -0.4 is 14.8 Å². The van der Waals surface area contributed by atoms with Gasteiger partial charge in [-0.3, -0.25) is 9.59 Å². The van der Waals surface area contributed by atoms with E-state index in [1.165, 1.54) is 6.08 Å². The van der Waals surface area contributed by atoms with Crippen LogP contribution in [0, 0.1) is 6.92 Å². The first-order chi connectivity index (χ1) is 18.8. The molecule has 9 nitrogen and oxygen atoms in total. The molecule has 1 N–H and O–H groups in total. The summed E-state index contributed by atoms with van der Waals surface area (Å²) in [4.78, 5) is 38.4. The van der Waals surface area contributed by atoms with Crippen LogP contribution in [0.15, 0.2) is 43.1 Å². The number of benzene rings is 2. The van der Waals surface area contributed by atoms with E-state index in [-0.39, 0.29) is 17.9 Å². The van der Waals surface area contributed by atoms with Crippen LogP contribution in [0.3, 0.4) is 0 Å². The molecule has 2 aliphatic rings. The molecule has 10 heteroatoms. The average molecular weight is 550 g/mol. The highest BCUT2D eigenvalue weighted by atomic mass is 35.5. The summed E-state index contributed by atoms with van der Waals surface area (Å²) in [5.74, 6) is 1.42. The van der Waals surface area contributed by atoms with Crippen molar-refractivity contribution in [2.24, 2.45) is 0 Å². The molecule has 1 aromatic heterocycles. The smallest absolute Gasteiger partial charge is 0.246 e. The minimum Gasteiger partial charge on any atom is -0.496 e. The van der Waals surface area contributed by atoms with Crippen LogP contribution in [0.2, 0.25) is 5.02 Å². The molecular formula is C29H32ClN5O4. The number of likely N-dealkylation sites (tertiary alicyclic amines) is 2. The minimum atomic E-state index is -0.512. The summed E-state index contributed by atoms with van der Waals surface area (Å²) in [5, 5.41) is 4.68. The number of hydrogen-bond donors (Lipinski definition) is 1. The summed E-state index contributed by atoms with van der Waals surface area (Å²) < 4.78 is 11.0. The second-order valence-corrected chi connectivity index (χ2v) is 10.3.